The van der Waals surface area contributed by atoms with Crippen LogP contribution >= 0.6 is 0 Å². The molecule has 7 heteroatoms. The van der Waals surface area contributed by atoms with Crippen LogP contribution in [0.25, 0.3) is 0 Å². The molecule has 1 atom stereocenters. The number of halogens is 1. The lowest BCUT2D eigenvalue weighted by atomic mass is 9.81. The van der Waals surface area contributed by atoms with Gasteiger partial charge in [0.05, 0.1) is 6.61 Å². The number of hydrogen-bond acceptors (Lipinski definition) is 4. The molecule has 0 spiro atoms. The van der Waals surface area contributed by atoms with E-state index in [1.165, 1.54) is 31.3 Å². The summed E-state index contributed by atoms with van der Waals surface area (Å²) in [5.41, 5.74) is 0.398. The molecule has 0 saturated carbocycles. The van der Waals surface area contributed by atoms with Crippen molar-refractivity contribution in [2.75, 3.05) is 19.7 Å². The second-order valence-corrected chi connectivity index (χ2v) is 6.62. The Bertz CT molecular complexity index is 834. The molecule has 1 unspecified atom stereocenters. The van der Waals surface area contributed by atoms with Crippen LogP contribution in [-0.2, 0) is 13.5 Å². The van der Waals surface area contributed by atoms with Crippen LogP contribution in [0.3, 0.4) is 0 Å². The highest BCUT2D eigenvalue weighted by molar-refractivity contribution is 5.92. The number of aliphatic hydroxyl groups is 1. The Balaban J connectivity index is 1.75. The number of carbonyl (C=O) groups is 1. The average molecular weight is 345 g/mol. The van der Waals surface area contributed by atoms with E-state index in [1.807, 2.05) is 0 Å². The van der Waals surface area contributed by atoms with Crippen LogP contribution in [0.1, 0.15) is 22.5 Å². The summed E-state index contributed by atoms with van der Waals surface area (Å²) >= 11 is 0. The monoisotopic (exact) mass is 345 g/mol. The summed E-state index contributed by atoms with van der Waals surface area (Å²) in [5, 5.41) is 13.9. The van der Waals surface area contributed by atoms with E-state index in [0.717, 1.165) is 10.2 Å². The van der Waals surface area contributed by atoms with Crippen LogP contribution in [-0.4, -0.2) is 45.4 Å². The van der Waals surface area contributed by atoms with Gasteiger partial charge in [-0.3, -0.25) is 9.59 Å². The van der Waals surface area contributed by atoms with E-state index in [0.29, 0.717) is 25.9 Å². The zero-order valence-corrected chi connectivity index (χ0v) is 14.0. The fraction of sp³-hybridized carbons (Fsp3) is 0.389. The van der Waals surface area contributed by atoms with Gasteiger partial charge in [0.1, 0.15) is 11.5 Å². The maximum Gasteiger partial charge on any atom is 0.274 e. The van der Waals surface area contributed by atoms with Crippen molar-refractivity contribution in [1.82, 2.24) is 14.7 Å². The van der Waals surface area contributed by atoms with E-state index in [1.54, 1.807) is 17.0 Å². The molecule has 1 N–H and O–H groups in total. The maximum absolute atomic E-state index is 13.1. The predicted molar refractivity (Wildman–Crippen MR) is 89.6 cm³/mol. The molecule has 0 bridgehead atoms. The number of aromatic nitrogens is 2. The fourth-order valence-electron chi connectivity index (χ4n) is 3.25. The highest BCUT2D eigenvalue weighted by atomic mass is 19.1. The van der Waals surface area contributed by atoms with Crippen molar-refractivity contribution in [2.45, 2.75) is 12.8 Å². The second-order valence-electron chi connectivity index (χ2n) is 6.62. The minimum atomic E-state index is -0.450. The molecule has 25 heavy (non-hydrogen) atoms. The topological polar surface area (TPSA) is 75.4 Å². The van der Waals surface area contributed by atoms with E-state index in [4.69, 9.17) is 0 Å². The van der Waals surface area contributed by atoms with Gasteiger partial charge in [0.15, 0.2) is 0 Å². The molecule has 6 nitrogen and oxygen atoms in total. The first-order chi connectivity index (χ1) is 11.9. The number of rotatable bonds is 4. The highest BCUT2D eigenvalue weighted by Crippen LogP contribution is 2.34. The number of likely N-dealkylation sites (tertiary alicyclic amines) is 1. The van der Waals surface area contributed by atoms with E-state index in [-0.39, 0.29) is 29.6 Å². The summed E-state index contributed by atoms with van der Waals surface area (Å²) in [6, 6.07) is 8.93. The van der Waals surface area contributed by atoms with Crippen LogP contribution in [0.5, 0.6) is 0 Å². The zero-order valence-electron chi connectivity index (χ0n) is 14.0. The van der Waals surface area contributed by atoms with Crippen molar-refractivity contribution in [3.05, 3.63) is 63.8 Å². The van der Waals surface area contributed by atoms with E-state index < -0.39 is 5.41 Å². The number of nitrogens with zero attached hydrogens (tertiary/aromatic N) is 3. The van der Waals surface area contributed by atoms with Crippen molar-refractivity contribution >= 4 is 5.91 Å². The minimum Gasteiger partial charge on any atom is -0.396 e. The van der Waals surface area contributed by atoms with Gasteiger partial charge in [-0.05, 0) is 36.6 Å². The molecule has 0 radical (unpaired) electrons. The van der Waals surface area contributed by atoms with E-state index in [2.05, 4.69) is 5.10 Å². The van der Waals surface area contributed by atoms with Crippen LogP contribution in [0.15, 0.2) is 41.2 Å². The molecule has 1 aromatic carbocycles. The number of benzene rings is 1. The molecule has 1 fully saturated rings. The summed E-state index contributed by atoms with van der Waals surface area (Å²) in [5.74, 6) is -0.559. The molecular weight excluding hydrogens is 325 g/mol. The van der Waals surface area contributed by atoms with Gasteiger partial charge in [-0.15, -0.1) is 0 Å². The summed E-state index contributed by atoms with van der Waals surface area (Å²) in [6.07, 6.45) is 1.21. The Labute approximate surface area is 144 Å². The Morgan fingerprint density at radius 3 is 2.64 bits per heavy atom. The molecule has 2 aromatic rings. The Kier molecular flexibility index (Phi) is 4.67. The lowest BCUT2D eigenvalue weighted by molar-refractivity contribution is 0.0731. The molecular formula is C18H20FN3O3. The van der Waals surface area contributed by atoms with Crippen LogP contribution < -0.4 is 5.56 Å². The lowest BCUT2D eigenvalue weighted by Gasteiger charge is -2.27. The van der Waals surface area contributed by atoms with Gasteiger partial charge in [0.25, 0.3) is 11.5 Å². The summed E-state index contributed by atoms with van der Waals surface area (Å²) in [7, 11) is 1.50. The third kappa shape index (κ3) is 3.61. The normalized spacial score (nSPS) is 20.0. The van der Waals surface area contributed by atoms with Crippen molar-refractivity contribution in [2.24, 2.45) is 12.5 Å². The van der Waals surface area contributed by atoms with Crippen molar-refractivity contribution < 1.29 is 14.3 Å². The first-order valence-corrected chi connectivity index (χ1v) is 8.11. The van der Waals surface area contributed by atoms with Gasteiger partial charge in [0, 0.05) is 31.6 Å². The van der Waals surface area contributed by atoms with Gasteiger partial charge in [-0.2, -0.15) is 5.10 Å². The van der Waals surface area contributed by atoms with E-state index >= 15 is 0 Å². The Morgan fingerprint density at radius 1 is 1.28 bits per heavy atom. The van der Waals surface area contributed by atoms with E-state index in [9.17, 15) is 19.1 Å². The van der Waals surface area contributed by atoms with Gasteiger partial charge in [-0.1, -0.05) is 12.1 Å². The second kappa shape index (κ2) is 6.76. The highest BCUT2D eigenvalue weighted by Gasteiger charge is 2.40. The number of aryl methyl sites for hydroxylation is 1. The lowest BCUT2D eigenvalue weighted by Crippen LogP contribution is -2.36. The SMILES string of the molecule is Cn1nc(C(=O)N2CCC(CO)(Cc3ccc(F)cc3)C2)ccc1=O. The molecule has 2 heterocycles. The molecule has 132 valence electrons. The number of carbonyl (C=O) groups excluding carboxylic acids is 1. The Hall–Kier alpha value is -2.54. The zero-order chi connectivity index (χ0) is 18.0. The largest absolute Gasteiger partial charge is 0.396 e. The van der Waals surface area contributed by atoms with Gasteiger partial charge in [-0.25, -0.2) is 9.07 Å². The molecule has 0 aliphatic carbocycles. The van der Waals surface area contributed by atoms with Gasteiger partial charge >= 0.3 is 0 Å². The molecule has 1 aromatic heterocycles. The smallest absolute Gasteiger partial charge is 0.274 e. The number of amides is 1. The quantitative estimate of drug-likeness (QED) is 0.897. The van der Waals surface area contributed by atoms with Crippen molar-refractivity contribution in [1.29, 1.82) is 0 Å². The molecule has 1 aliphatic heterocycles. The Morgan fingerprint density at radius 2 is 2.00 bits per heavy atom. The van der Waals surface area contributed by atoms with Crippen molar-refractivity contribution in [3.8, 4) is 0 Å². The van der Waals surface area contributed by atoms with Crippen molar-refractivity contribution in [3.63, 3.8) is 0 Å². The maximum atomic E-state index is 13.1. The standard InChI is InChI=1S/C18H20FN3O3/c1-21-16(24)7-6-15(20-21)17(25)22-9-8-18(11-22,12-23)10-13-2-4-14(19)5-3-13/h2-7,23H,8-12H2,1H3. The van der Waals surface area contributed by atoms with Crippen LogP contribution in [0.4, 0.5) is 4.39 Å². The molecule has 1 amide bonds. The number of hydrogen-bond donors (Lipinski definition) is 1. The number of aliphatic hydroxyl groups excluding tert-OH is 1. The van der Waals surface area contributed by atoms with Gasteiger partial charge < -0.3 is 10.0 Å². The summed E-state index contributed by atoms with van der Waals surface area (Å²) < 4.78 is 14.2. The van der Waals surface area contributed by atoms with Crippen LogP contribution in [0, 0.1) is 11.2 Å². The summed E-state index contributed by atoms with van der Waals surface area (Å²) in [4.78, 5) is 25.7. The summed E-state index contributed by atoms with van der Waals surface area (Å²) in [6.45, 7) is 0.837. The third-order valence-corrected chi connectivity index (χ3v) is 4.73. The molecule has 1 saturated heterocycles. The molecule has 1 aliphatic rings. The fourth-order valence-corrected chi connectivity index (χ4v) is 3.25. The van der Waals surface area contributed by atoms with Crippen LogP contribution in [0.2, 0.25) is 0 Å². The minimum absolute atomic E-state index is 0.0607. The first kappa shape index (κ1) is 17.3. The third-order valence-electron chi connectivity index (χ3n) is 4.73. The van der Waals surface area contributed by atoms with Gasteiger partial charge in [0.2, 0.25) is 0 Å². The average Bonchev–Trinajstić information content (AvgIpc) is 3.03. The predicted octanol–water partition coefficient (Wildman–Crippen LogP) is 0.987. The first-order valence-electron chi connectivity index (χ1n) is 8.11. The molecule has 3 rings (SSSR count).